The molecule has 7 nitrogen and oxygen atoms in total. The Hall–Kier alpha value is -1.34. The molecule has 1 aliphatic heterocycles. The first kappa shape index (κ1) is 15.7. The Morgan fingerprint density at radius 2 is 2.26 bits per heavy atom. The summed E-state index contributed by atoms with van der Waals surface area (Å²) in [5, 5.41) is 8.88. The molecule has 1 heterocycles. The van der Waals surface area contributed by atoms with Gasteiger partial charge in [-0.3, -0.25) is 4.79 Å². The molecule has 0 bridgehead atoms. The maximum absolute atomic E-state index is 12.4. The molecular formula is C12H22N2O5. The first-order valence-electron chi connectivity index (χ1n) is 6.44. The maximum Gasteiger partial charge on any atom is 0.320 e. The number of aliphatic carboxylic acids is 1. The van der Waals surface area contributed by atoms with Crippen LogP contribution >= 0.6 is 0 Å². The van der Waals surface area contributed by atoms with E-state index in [0.717, 1.165) is 0 Å². The molecule has 0 spiro atoms. The van der Waals surface area contributed by atoms with E-state index in [-0.39, 0.29) is 19.1 Å². The number of hydrogen-bond acceptors (Lipinski definition) is 4. The van der Waals surface area contributed by atoms with Gasteiger partial charge in [0, 0.05) is 26.7 Å². The van der Waals surface area contributed by atoms with Gasteiger partial charge in [0.25, 0.3) is 0 Å². The minimum atomic E-state index is -0.923. The number of morpholine rings is 1. The van der Waals surface area contributed by atoms with Crippen molar-refractivity contribution in [1.82, 2.24) is 9.80 Å². The van der Waals surface area contributed by atoms with Crippen LogP contribution in [-0.2, 0) is 14.3 Å². The molecule has 1 fully saturated rings. The van der Waals surface area contributed by atoms with Crippen LogP contribution in [0.4, 0.5) is 4.79 Å². The number of carbonyl (C=O) groups is 2. The van der Waals surface area contributed by atoms with Gasteiger partial charge in [-0.05, 0) is 6.92 Å². The topological polar surface area (TPSA) is 79.3 Å². The Morgan fingerprint density at radius 1 is 1.53 bits per heavy atom. The molecule has 0 saturated carbocycles. The molecule has 1 atom stereocenters. The summed E-state index contributed by atoms with van der Waals surface area (Å²) in [7, 11) is 1.58. The van der Waals surface area contributed by atoms with Crippen LogP contribution < -0.4 is 0 Å². The van der Waals surface area contributed by atoms with Gasteiger partial charge in [0.05, 0.1) is 32.3 Å². The Labute approximate surface area is 113 Å². The fraction of sp³-hybridized carbons (Fsp3) is 0.833. The molecule has 1 rings (SSSR count). The summed E-state index contributed by atoms with van der Waals surface area (Å²) in [4.78, 5) is 26.4. The predicted molar refractivity (Wildman–Crippen MR) is 68.1 cm³/mol. The van der Waals surface area contributed by atoms with Crippen LogP contribution in [0.1, 0.15) is 13.3 Å². The number of ether oxygens (including phenoxy) is 2. The van der Waals surface area contributed by atoms with E-state index in [1.807, 2.05) is 6.92 Å². The first-order chi connectivity index (χ1) is 9.10. The summed E-state index contributed by atoms with van der Waals surface area (Å²) < 4.78 is 10.2. The zero-order valence-electron chi connectivity index (χ0n) is 11.5. The van der Waals surface area contributed by atoms with E-state index >= 15 is 0 Å². The Kier molecular flexibility index (Phi) is 6.58. The number of amides is 2. The van der Waals surface area contributed by atoms with Crippen LogP contribution in [0.25, 0.3) is 0 Å². The van der Waals surface area contributed by atoms with Crippen LogP contribution in [0.3, 0.4) is 0 Å². The molecule has 0 aliphatic carbocycles. The Balaban J connectivity index is 2.66. The van der Waals surface area contributed by atoms with Crippen molar-refractivity contribution < 1.29 is 24.2 Å². The van der Waals surface area contributed by atoms with Gasteiger partial charge in [0.2, 0.25) is 0 Å². The lowest BCUT2D eigenvalue weighted by atomic mass is 10.1. The number of rotatable bonds is 6. The molecule has 0 aromatic carbocycles. The second-order valence-electron chi connectivity index (χ2n) is 4.38. The average Bonchev–Trinajstić information content (AvgIpc) is 2.39. The molecule has 7 heteroatoms. The Morgan fingerprint density at radius 3 is 2.84 bits per heavy atom. The van der Waals surface area contributed by atoms with Crippen molar-refractivity contribution in [2.75, 3.05) is 46.6 Å². The third kappa shape index (κ3) is 4.68. The fourth-order valence-electron chi connectivity index (χ4n) is 2.05. The number of carboxylic acid groups (broad SMARTS) is 1. The number of nitrogens with zero attached hydrogens (tertiary/aromatic N) is 2. The fourth-order valence-corrected chi connectivity index (χ4v) is 2.05. The molecule has 0 aromatic heterocycles. The normalized spacial score (nSPS) is 19.3. The number of urea groups is 1. The van der Waals surface area contributed by atoms with Crippen molar-refractivity contribution in [3.05, 3.63) is 0 Å². The quantitative estimate of drug-likeness (QED) is 0.751. The molecule has 1 saturated heterocycles. The van der Waals surface area contributed by atoms with E-state index in [1.54, 1.807) is 16.9 Å². The molecule has 1 aliphatic rings. The highest BCUT2D eigenvalue weighted by atomic mass is 16.5. The largest absolute Gasteiger partial charge is 0.481 e. The van der Waals surface area contributed by atoms with Crippen molar-refractivity contribution in [1.29, 1.82) is 0 Å². The van der Waals surface area contributed by atoms with E-state index in [0.29, 0.717) is 32.8 Å². The summed E-state index contributed by atoms with van der Waals surface area (Å²) in [6.45, 7) is 4.58. The zero-order chi connectivity index (χ0) is 14.3. The number of carboxylic acids is 1. The molecule has 110 valence electrons. The lowest BCUT2D eigenvalue weighted by Crippen LogP contribution is -2.54. The highest BCUT2D eigenvalue weighted by molar-refractivity contribution is 5.76. The van der Waals surface area contributed by atoms with Gasteiger partial charge in [0.15, 0.2) is 0 Å². The highest BCUT2D eigenvalue weighted by Crippen LogP contribution is 2.13. The summed E-state index contributed by atoms with van der Waals surface area (Å²) in [5.74, 6) is -0.923. The number of hydrogen-bond donors (Lipinski definition) is 1. The highest BCUT2D eigenvalue weighted by Gasteiger charge is 2.31. The van der Waals surface area contributed by atoms with E-state index in [9.17, 15) is 9.59 Å². The third-order valence-electron chi connectivity index (χ3n) is 3.10. The molecule has 1 N–H and O–H groups in total. The lowest BCUT2D eigenvalue weighted by molar-refractivity contribution is -0.139. The molecular weight excluding hydrogens is 252 g/mol. The molecule has 0 aromatic rings. The van der Waals surface area contributed by atoms with Gasteiger partial charge in [-0.25, -0.2) is 4.79 Å². The second kappa shape index (κ2) is 7.96. The summed E-state index contributed by atoms with van der Waals surface area (Å²) in [6.07, 6.45) is -0.0897. The SMILES string of the molecule is CCN(CCOC)C(=O)N1CCOCC1CC(=O)O. The summed E-state index contributed by atoms with van der Waals surface area (Å²) >= 11 is 0. The van der Waals surface area contributed by atoms with Crippen molar-refractivity contribution in [3.8, 4) is 0 Å². The molecule has 1 unspecified atom stereocenters. The van der Waals surface area contributed by atoms with Crippen LogP contribution in [0.2, 0.25) is 0 Å². The molecule has 0 radical (unpaired) electrons. The van der Waals surface area contributed by atoms with Gasteiger partial charge in [-0.15, -0.1) is 0 Å². The van der Waals surface area contributed by atoms with E-state index in [1.165, 1.54) is 0 Å². The van der Waals surface area contributed by atoms with Crippen LogP contribution in [0, 0.1) is 0 Å². The number of carbonyl (C=O) groups excluding carboxylic acids is 1. The third-order valence-corrected chi connectivity index (χ3v) is 3.10. The van der Waals surface area contributed by atoms with Crippen LogP contribution in [0.5, 0.6) is 0 Å². The maximum atomic E-state index is 12.4. The van der Waals surface area contributed by atoms with Crippen LogP contribution in [0.15, 0.2) is 0 Å². The van der Waals surface area contributed by atoms with E-state index in [4.69, 9.17) is 14.6 Å². The summed E-state index contributed by atoms with van der Waals surface area (Å²) in [5.41, 5.74) is 0. The lowest BCUT2D eigenvalue weighted by Gasteiger charge is -2.38. The smallest absolute Gasteiger partial charge is 0.320 e. The van der Waals surface area contributed by atoms with Crippen molar-refractivity contribution in [3.63, 3.8) is 0 Å². The first-order valence-corrected chi connectivity index (χ1v) is 6.44. The standard InChI is InChI=1S/C12H22N2O5/c1-3-13(4-6-18-2)12(17)14-5-7-19-9-10(14)8-11(15)16/h10H,3-9H2,1-2H3,(H,15,16). The van der Waals surface area contributed by atoms with E-state index in [2.05, 4.69) is 0 Å². The summed E-state index contributed by atoms with van der Waals surface area (Å²) in [6, 6.07) is -0.538. The van der Waals surface area contributed by atoms with E-state index < -0.39 is 12.0 Å². The van der Waals surface area contributed by atoms with Crippen molar-refractivity contribution in [2.24, 2.45) is 0 Å². The second-order valence-corrected chi connectivity index (χ2v) is 4.38. The van der Waals surface area contributed by atoms with Gasteiger partial charge < -0.3 is 24.4 Å². The van der Waals surface area contributed by atoms with Gasteiger partial charge in [-0.1, -0.05) is 0 Å². The number of methoxy groups -OCH3 is 1. The van der Waals surface area contributed by atoms with Crippen molar-refractivity contribution >= 4 is 12.0 Å². The minimum Gasteiger partial charge on any atom is -0.481 e. The predicted octanol–water partition coefficient (Wildman–Crippen LogP) is 0.250. The minimum absolute atomic E-state index is 0.0897. The van der Waals surface area contributed by atoms with Crippen molar-refractivity contribution in [2.45, 2.75) is 19.4 Å². The van der Waals surface area contributed by atoms with Gasteiger partial charge in [0.1, 0.15) is 0 Å². The molecule has 2 amide bonds. The van der Waals surface area contributed by atoms with Crippen LogP contribution in [-0.4, -0.2) is 79.5 Å². The zero-order valence-corrected chi connectivity index (χ0v) is 11.5. The monoisotopic (exact) mass is 274 g/mol. The van der Waals surface area contributed by atoms with Gasteiger partial charge >= 0.3 is 12.0 Å². The number of likely N-dealkylation sites (N-methyl/N-ethyl adjacent to an activating group) is 1. The molecule has 19 heavy (non-hydrogen) atoms. The van der Waals surface area contributed by atoms with Gasteiger partial charge in [-0.2, -0.15) is 0 Å². The average molecular weight is 274 g/mol. The Bertz CT molecular complexity index is 310.